The van der Waals surface area contributed by atoms with Gasteiger partial charge in [-0.15, -0.1) is 0 Å². The molecule has 0 saturated carbocycles. The molecular formula is C17H15Cl2N3O2S. The van der Waals surface area contributed by atoms with Gasteiger partial charge in [0.15, 0.2) is 5.82 Å². The molecule has 0 aliphatic heterocycles. The van der Waals surface area contributed by atoms with Gasteiger partial charge in [-0.25, -0.2) is 8.42 Å². The van der Waals surface area contributed by atoms with E-state index in [4.69, 9.17) is 23.2 Å². The molecule has 130 valence electrons. The van der Waals surface area contributed by atoms with E-state index in [0.29, 0.717) is 6.54 Å². The predicted octanol–water partition coefficient (Wildman–Crippen LogP) is 4.35. The molecule has 0 spiro atoms. The molecule has 0 fully saturated rings. The van der Waals surface area contributed by atoms with E-state index in [2.05, 4.69) is 9.82 Å². The number of halogens is 2. The first-order valence-corrected chi connectivity index (χ1v) is 9.64. The Morgan fingerprint density at radius 2 is 1.80 bits per heavy atom. The predicted molar refractivity (Wildman–Crippen MR) is 99.8 cm³/mol. The lowest BCUT2D eigenvalue weighted by atomic mass is 10.1. The number of aryl methyl sites for hydroxylation is 1. The maximum absolute atomic E-state index is 12.5. The first-order chi connectivity index (χ1) is 11.8. The number of aromatic nitrogens is 2. The number of hydrogen-bond acceptors (Lipinski definition) is 3. The molecule has 0 aliphatic carbocycles. The van der Waals surface area contributed by atoms with E-state index in [-0.39, 0.29) is 20.8 Å². The van der Waals surface area contributed by atoms with Crippen LogP contribution in [0.4, 0.5) is 5.82 Å². The molecule has 0 unspecified atom stereocenters. The summed E-state index contributed by atoms with van der Waals surface area (Å²) in [4.78, 5) is -0.0882. The van der Waals surface area contributed by atoms with E-state index in [1.807, 2.05) is 31.2 Å². The molecule has 1 aromatic heterocycles. The summed E-state index contributed by atoms with van der Waals surface area (Å²) in [6.07, 6.45) is 1.71. The lowest BCUT2D eigenvalue weighted by molar-refractivity contribution is 0.600. The highest BCUT2D eigenvalue weighted by Gasteiger charge is 2.19. The molecule has 0 amide bonds. The van der Waals surface area contributed by atoms with E-state index in [1.165, 1.54) is 23.8 Å². The van der Waals surface area contributed by atoms with Crippen LogP contribution in [0.15, 0.2) is 59.6 Å². The zero-order valence-corrected chi connectivity index (χ0v) is 15.6. The van der Waals surface area contributed by atoms with Gasteiger partial charge in [-0.2, -0.15) is 5.10 Å². The minimum absolute atomic E-state index is 0.0882. The molecule has 0 saturated heterocycles. The van der Waals surface area contributed by atoms with Crippen LogP contribution in [0.1, 0.15) is 11.1 Å². The van der Waals surface area contributed by atoms with Gasteiger partial charge in [0.05, 0.1) is 11.6 Å². The Kier molecular flexibility index (Phi) is 5.03. The first kappa shape index (κ1) is 17.8. The summed E-state index contributed by atoms with van der Waals surface area (Å²) in [6.45, 7) is 2.56. The number of nitrogens with zero attached hydrogens (tertiary/aromatic N) is 2. The summed E-state index contributed by atoms with van der Waals surface area (Å²) >= 11 is 11.8. The van der Waals surface area contributed by atoms with Crippen molar-refractivity contribution >= 4 is 39.0 Å². The normalized spacial score (nSPS) is 11.5. The van der Waals surface area contributed by atoms with Crippen LogP contribution in [0.5, 0.6) is 0 Å². The molecule has 0 bridgehead atoms. The van der Waals surface area contributed by atoms with E-state index in [9.17, 15) is 8.42 Å². The zero-order valence-electron chi connectivity index (χ0n) is 13.3. The van der Waals surface area contributed by atoms with Crippen LogP contribution in [0.2, 0.25) is 10.0 Å². The number of sulfonamides is 1. The SMILES string of the molecule is Cc1ccc(Cn2ccc(NS(=O)(=O)c3cc(Cl)ccc3Cl)n2)cc1. The van der Waals surface area contributed by atoms with Crippen molar-refractivity contribution < 1.29 is 8.42 Å². The summed E-state index contributed by atoms with van der Waals surface area (Å²) in [5.74, 6) is 0.211. The van der Waals surface area contributed by atoms with Gasteiger partial charge in [-0.3, -0.25) is 9.40 Å². The molecule has 3 aromatic rings. The summed E-state index contributed by atoms with van der Waals surface area (Å²) in [7, 11) is -3.87. The average molecular weight is 396 g/mol. The number of hydrogen-bond donors (Lipinski definition) is 1. The molecule has 3 rings (SSSR count). The highest BCUT2D eigenvalue weighted by molar-refractivity contribution is 7.92. The van der Waals surface area contributed by atoms with E-state index in [0.717, 1.165) is 5.56 Å². The topological polar surface area (TPSA) is 64.0 Å². The van der Waals surface area contributed by atoms with Gasteiger partial charge in [0.1, 0.15) is 4.90 Å². The van der Waals surface area contributed by atoms with Crippen molar-refractivity contribution in [3.8, 4) is 0 Å². The highest BCUT2D eigenvalue weighted by atomic mass is 35.5. The van der Waals surface area contributed by atoms with Crippen LogP contribution >= 0.6 is 23.2 Å². The van der Waals surface area contributed by atoms with Crippen LogP contribution in [0, 0.1) is 6.92 Å². The second-order valence-corrected chi connectivity index (χ2v) is 8.06. The van der Waals surface area contributed by atoms with Gasteiger partial charge in [-0.05, 0) is 30.7 Å². The molecule has 1 heterocycles. The molecule has 0 radical (unpaired) electrons. The number of nitrogens with one attached hydrogen (secondary N) is 1. The quantitative estimate of drug-likeness (QED) is 0.698. The highest BCUT2D eigenvalue weighted by Crippen LogP contribution is 2.26. The lowest BCUT2D eigenvalue weighted by Gasteiger charge is -2.08. The maximum atomic E-state index is 12.5. The van der Waals surface area contributed by atoms with Crippen molar-refractivity contribution in [2.45, 2.75) is 18.4 Å². The third kappa shape index (κ3) is 4.34. The first-order valence-electron chi connectivity index (χ1n) is 7.40. The Hall–Kier alpha value is -2.02. The second kappa shape index (κ2) is 7.07. The maximum Gasteiger partial charge on any atom is 0.264 e. The molecule has 2 aromatic carbocycles. The van der Waals surface area contributed by atoms with Gasteiger partial charge in [0.25, 0.3) is 10.0 Å². The Morgan fingerprint density at radius 3 is 2.52 bits per heavy atom. The summed E-state index contributed by atoms with van der Waals surface area (Å²) < 4.78 is 29.0. The van der Waals surface area contributed by atoms with Gasteiger partial charge >= 0.3 is 0 Å². The van der Waals surface area contributed by atoms with Gasteiger partial charge in [0.2, 0.25) is 0 Å². The number of rotatable bonds is 5. The Balaban J connectivity index is 1.78. The fraction of sp³-hybridized carbons (Fsp3) is 0.118. The Morgan fingerprint density at radius 1 is 1.08 bits per heavy atom. The average Bonchev–Trinajstić information content (AvgIpc) is 2.98. The molecule has 8 heteroatoms. The third-order valence-corrected chi connectivity index (χ3v) is 5.60. The van der Waals surface area contributed by atoms with Crippen LogP contribution in [0.3, 0.4) is 0 Å². The van der Waals surface area contributed by atoms with E-state index < -0.39 is 10.0 Å². The van der Waals surface area contributed by atoms with Crippen LogP contribution in [-0.2, 0) is 16.6 Å². The molecule has 5 nitrogen and oxygen atoms in total. The monoisotopic (exact) mass is 395 g/mol. The van der Waals surface area contributed by atoms with Gasteiger partial charge < -0.3 is 0 Å². The third-order valence-electron chi connectivity index (χ3n) is 3.53. The summed E-state index contributed by atoms with van der Waals surface area (Å²) in [6, 6.07) is 13.9. The van der Waals surface area contributed by atoms with E-state index in [1.54, 1.807) is 16.9 Å². The summed E-state index contributed by atoms with van der Waals surface area (Å²) in [5.41, 5.74) is 2.25. The van der Waals surface area contributed by atoms with Crippen molar-refractivity contribution in [1.82, 2.24) is 9.78 Å². The molecule has 0 aliphatic rings. The minimum atomic E-state index is -3.87. The van der Waals surface area contributed by atoms with Crippen molar-refractivity contribution in [3.63, 3.8) is 0 Å². The van der Waals surface area contributed by atoms with Crippen molar-refractivity contribution in [1.29, 1.82) is 0 Å². The van der Waals surface area contributed by atoms with Gasteiger partial charge in [0, 0.05) is 17.3 Å². The fourth-order valence-corrected chi connectivity index (χ4v) is 4.02. The minimum Gasteiger partial charge on any atom is -0.266 e. The number of anilines is 1. The molecule has 25 heavy (non-hydrogen) atoms. The number of benzene rings is 2. The molecule has 1 N–H and O–H groups in total. The molecular weight excluding hydrogens is 381 g/mol. The zero-order chi connectivity index (χ0) is 18.0. The van der Waals surface area contributed by atoms with Crippen molar-refractivity contribution in [3.05, 3.63) is 75.9 Å². The van der Waals surface area contributed by atoms with E-state index >= 15 is 0 Å². The summed E-state index contributed by atoms with van der Waals surface area (Å²) in [5, 5.41) is 4.62. The second-order valence-electron chi connectivity index (χ2n) is 5.56. The lowest BCUT2D eigenvalue weighted by Crippen LogP contribution is -2.14. The van der Waals surface area contributed by atoms with Crippen molar-refractivity contribution in [2.75, 3.05) is 4.72 Å². The van der Waals surface area contributed by atoms with Crippen LogP contribution in [0.25, 0.3) is 0 Å². The Bertz CT molecular complexity index is 999. The standard InChI is InChI=1S/C17H15Cl2N3O2S/c1-12-2-4-13(5-3-12)11-22-9-8-17(20-22)21-25(23,24)16-10-14(18)6-7-15(16)19/h2-10H,11H2,1H3,(H,20,21). The Labute approximate surface area is 156 Å². The largest absolute Gasteiger partial charge is 0.266 e. The van der Waals surface area contributed by atoms with Gasteiger partial charge in [-0.1, -0.05) is 53.0 Å². The smallest absolute Gasteiger partial charge is 0.264 e. The van der Waals surface area contributed by atoms with Crippen LogP contribution in [-0.4, -0.2) is 18.2 Å². The molecule has 0 atom stereocenters. The van der Waals surface area contributed by atoms with Crippen LogP contribution < -0.4 is 4.72 Å². The fourth-order valence-electron chi connectivity index (χ4n) is 2.26. The van der Waals surface area contributed by atoms with Crippen molar-refractivity contribution in [2.24, 2.45) is 0 Å².